The Morgan fingerprint density at radius 2 is 2.07 bits per heavy atom. The molecule has 1 aliphatic rings. The van der Waals surface area contributed by atoms with Gasteiger partial charge in [0.2, 0.25) is 5.91 Å². The summed E-state index contributed by atoms with van der Waals surface area (Å²) in [6.07, 6.45) is 3.44. The fourth-order valence-corrected chi connectivity index (χ4v) is 2.98. The predicted octanol–water partition coefficient (Wildman–Crippen LogP) is 2.08. The predicted molar refractivity (Wildman–Crippen MR) is 95.4 cm³/mol. The number of aromatic nitrogens is 2. The molecule has 1 aromatic heterocycles. The summed E-state index contributed by atoms with van der Waals surface area (Å²) >= 11 is 0. The number of hydrogen-bond donors (Lipinski definition) is 1. The van der Waals surface area contributed by atoms with Crippen LogP contribution in [-0.2, 0) is 11.3 Å². The van der Waals surface area contributed by atoms with Gasteiger partial charge in [0.05, 0.1) is 18.3 Å². The average molecular weight is 374 g/mol. The first-order valence-electron chi connectivity index (χ1n) is 8.55. The van der Waals surface area contributed by atoms with Gasteiger partial charge < -0.3 is 10.2 Å². The van der Waals surface area contributed by atoms with Gasteiger partial charge in [-0.3, -0.25) is 14.3 Å². The molecule has 2 amide bonds. The van der Waals surface area contributed by atoms with E-state index in [1.54, 1.807) is 10.9 Å². The van der Waals surface area contributed by atoms with E-state index in [1.807, 2.05) is 30.3 Å². The number of halogens is 2. The van der Waals surface area contributed by atoms with Crippen LogP contribution in [0.2, 0.25) is 0 Å². The van der Waals surface area contributed by atoms with E-state index in [-0.39, 0.29) is 19.0 Å². The summed E-state index contributed by atoms with van der Waals surface area (Å²) in [5, 5.41) is 6.39. The first-order chi connectivity index (χ1) is 12.9. The van der Waals surface area contributed by atoms with Gasteiger partial charge in [-0.1, -0.05) is 36.9 Å². The van der Waals surface area contributed by atoms with Crippen LogP contribution >= 0.6 is 0 Å². The zero-order chi connectivity index (χ0) is 19.4. The summed E-state index contributed by atoms with van der Waals surface area (Å²) < 4.78 is 29.7. The Labute approximate surface area is 155 Å². The summed E-state index contributed by atoms with van der Waals surface area (Å²) in [7, 11) is 0. The lowest BCUT2D eigenvalue weighted by atomic mass is 10.00. The van der Waals surface area contributed by atoms with Crippen LogP contribution < -0.4 is 5.32 Å². The summed E-state index contributed by atoms with van der Waals surface area (Å²) in [6.45, 7) is 3.41. The number of nitrogens with one attached hydrogen (secondary N) is 1. The number of likely N-dealkylation sites (tertiary alicyclic amines) is 1. The SMILES string of the molecule is C=CC(=O)NC1CN(C(=O)c2cnn(Cc3ccccc3)c2)CCC1(F)F. The van der Waals surface area contributed by atoms with Gasteiger partial charge in [0, 0.05) is 25.7 Å². The number of carbonyl (C=O) groups is 2. The van der Waals surface area contributed by atoms with Crippen molar-refractivity contribution in [1.82, 2.24) is 20.0 Å². The van der Waals surface area contributed by atoms with Crippen molar-refractivity contribution in [3.63, 3.8) is 0 Å². The standard InChI is InChI=1S/C19H20F2N4O2/c1-2-17(26)23-16-13-24(9-8-19(16,20)21)18(27)15-10-22-25(12-15)11-14-6-4-3-5-7-14/h2-7,10,12,16H,1,8-9,11,13H2,(H,23,26). The second-order valence-corrected chi connectivity index (χ2v) is 6.44. The highest BCUT2D eigenvalue weighted by Gasteiger charge is 2.45. The molecule has 142 valence electrons. The van der Waals surface area contributed by atoms with Gasteiger partial charge in [-0.2, -0.15) is 5.10 Å². The number of amides is 2. The van der Waals surface area contributed by atoms with Gasteiger partial charge in [-0.15, -0.1) is 0 Å². The van der Waals surface area contributed by atoms with Crippen molar-refractivity contribution < 1.29 is 18.4 Å². The van der Waals surface area contributed by atoms with Crippen LogP contribution in [0.4, 0.5) is 8.78 Å². The van der Waals surface area contributed by atoms with E-state index in [0.29, 0.717) is 12.1 Å². The van der Waals surface area contributed by atoms with E-state index >= 15 is 0 Å². The molecule has 27 heavy (non-hydrogen) atoms. The maximum Gasteiger partial charge on any atom is 0.271 e. The maximum absolute atomic E-state index is 14.0. The van der Waals surface area contributed by atoms with Crippen LogP contribution in [0.1, 0.15) is 22.3 Å². The quantitative estimate of drug-likeness (QED) is 0.815. The molecule has 0 radical (unpaired) electrons. The molecule has 0 bridgehead atoms. The third-order valence-electron chi connectivity index (χ3n) is 4.48. The number of piperidine rings is 1. The Bertz CT molecular complexity index is 835. The number of carbonyl (C=O) groups excluding carboxylic acids is 2. The van der Waals surface area contributed by atoms with E-state index in [1.165, 1.54) is 11.1 Å². The monoisotopic (exact) mass is 374 g/mol. The van der Waals surface area contributed by atoms with E-state index < -0.39 is 24.3 Å². The highest BCUT2D eigenvalue weighted by molar-refractivity contribution is 5.94. The van der Waals surface area contributed by atoms with Crippen LogP contribution in [0.3, 0.4) is 0 Å². The summed E-state index contributed by atoms with van der Waals surface area (Å²) in [5.41, 5.74) is 1.36. The summed E-state index contributed by atoms with van der Waals surface area (Å²) in [5.74, 6) is -4.15. The molecular weight excluding hydrogens is 354 g/mol. The molecule has 0 saturated carbocycles. The minimum Gasteiger partial charge on any atom is -0.342 e. The zero-order valence-electron chi connectivity index (χ0n) is 14.6. The smallest absolute Gasteiger partial charge is 0.271 e. The van der Waals surface area contributed by atoms with Gasteiger partial charge in [0.25, 0.3) is 11.8 Å². The van der Waals surface area contributed by atoms with E-state index in [9.17, 15) is 18.4 Å². The van der Waals surface area contributed by atoms with Crippen molar-refractivity contribution in [1.29, 1.82) is 0 Å². The molecular formula is C19H20F2N4O2. The minimum atomic E-state index is -3.08. The second kappa shape index (κ2) is 7.69. The van der Waals surface area contributed by atoms with Crippen LogP contribution in [0.5, 0.6) is 0 Å². The van der Waals surface area contributed by atoms with Crippen molar-refractivity contribution in [3.8, 4) is 0 Å². The number of rotatable bonds is 5. The Balaban J connectivity index is 1.68. The Hall–Kier alpha value is -3.03. The molecule has 3 rings (SSSR count). The van der Waals surface area contributed by atoms with Gasteiger partial charge in [-0.05, 0) is 11.6 Å². The Morgan fingerprint density at radius 3 is 2.78 bits per heavy atom. The summed E-state index contributed by atoms with van der Waals surface area (Å²) in [6, 6.07) is 8.19. The average Bonchev–Trinajstić information content (AvgIpc) is 3.12. The lowest BCUT2D eigenvalue weighted by Crippen LogP contribution is -2.59. The largest absolute Gasteiger partial charge is 0.342 e. The van der Waals surface area contributed by atoms with Crippen LogP contribution in [-0.4, -0.2) is 51.5 Å². The minimum absolute atomic E-state index is 0.0871. The highest BCUT2D eigenvalue weighted by atomic mass is 19.3. The highest BCUT2D eigenvalue weighted by Crippen LogP contribution is 2.29. The molecule has 1 unspecified atom stereocenters. The van der Waals surface area contributed by atoms with Gasteiger partial charge in [0.15, 0.2) is 0 Å². The van der Waals surface area contributed by atoms with E-state index in [2.05, 4.69) is 17.0 Å². The normalized spacial score (nSPS) is 18.7. The van der Waals surface area contributed by atoms with Crippen LogP contribution in [0.15, 0.2) is 55.4 Å². The molecule has 1 aliphatic heterocycles. The molecule has 1 aromatic carbocycles. The van der Waals surface area contributed by atoms with Gasteiger partial charge >= 0.3 is 0 Å². The van der Waals surface area contributed by atoms with Gasteiger partial charge in [0.1, 0.15) is 6.04 Å². The molecule has 1 atom stereocenters. The summed E-state index contributed by atoms with van der Waals surface area (Å²) in [4.78, 5) is 25.4. The molecule has 2 aromatic rings. The molecule has 2 heterocycles. The lowest BCUT2D eigenvalue weighted by molar-refractivity contribution is -0.124. The van der Waals surface area contributed by atoms with Gasteiger partial charge in [-0.25, -0.2) is 8.78 Å². The Morgan fingerprint density at radius 1 is 1.33 bits per heavy atom. The molecule has 1 fully saturated rings. The molecule has 1 N–H and O–H groups in total. The van der Waals surface area contributed by atoms with Crippen LogP contribution in [0, 0.1) is 0 Å². The van der Waals surface area contributed by atoms with E-state index in [0.717, 1.165) is 11.6 Å². The van der Waals surface area contributed by atoms with Crippen molar-refractivity contribution in [3.05, 3.63) is 66.5 Å². The van der Waals surface area contributed by atoms with E-state index in [4.69, 9.17) is 0 Å². The number of benzene rings is 1. The third-order valence-corrected chi connectivity index (χ3v) is 4.48. The van der Waals surface area contributed by atoms with Crippen molar-refractivity contribution >= 4 is 11.8 Å². The molecule has 0 aliphatic carbocycles. The molecule has 8 heteroatoms. The van der Waals surface area contributed by atoms with Crippen molar-refractivity contribution in [2.75, 3.05) is 13.1 Å². The molecule has 6 nitrogen and oxygen atoms in total. The number of alkyl halides is 2. The molecule has 1 saturated heterocycles. The molecule has 0 spiro atoms. The zero-order valence-corrected chi connectivity index (χ0v) is 14.6. The first kappa shape index (κ1) is 18.8. The number of nitrogens with zero attached hydrogens (tertiary/aromatic N) is 3. The second-order valence-electron chi connectivity index (χ2n) is 6.44. The maximum atomic E-state index is 14.0. The van der Waals surface area contributed by atoms with Crippen molar-refractivity contribution in [2.45, 2.75) is 24.9 Å². The topological polar surface area (TPSA) is 67.2 Å². The first-order valence-corrected chi connectivity index (χ1v) is 8.55. The Kier molecular flexibility index (Phi) is 5.34. The number of hydrogen-bond acceptors (Lipinski definition) is 3. The fourth-order valence-electron chi connectivity index (χ4n) is 2.98. The lowest BCUT2D eigenvalue weighted by Gasteiger charge is -2.38. The van der Waals surface area contributed by atoms with Crippen molar-refractivity contribution in [2.24, 2.45) is 0 Å². The van der Waals surface area contributed by atoms with Crippen LogP contribution in [0.25, 0.3) is 0 Å². The third kappa shape index (κ3) is 4.39. The fraction of sp³-hybridized carbons (Fsp3) is 0.316.